The number of nitro groups is 1. The van der Waals surface area contributed by atoms with Crippen LogP contribution in [-0.4, -0.2) is 4.92 Å². The predicted molar refractivity (Wildman–Crippen MR) is 71.7 cm³/mol. The zero-order chi connectivity index (χ0) is 13.0. The Bertz CT molecular complexity index is 537. The molecule has 0 aliphatic carbocycles. The quantitative estimate of drug-likeness (QED) is 0.601. The second-order valence-corrected chi connectivity index (χ2v) is 4.40. The largest absolute Gasteiger partial charge is 0.272 e. The van der Waals surface area contributed by atoms with Crippen LogP contribution in [0.1, 0.15) is 24.0 Å². The summed E-state index contributed by atoms with van der Waals surface area (Å²) in [4.78, 5) is 10.6. The maximum atomic E-state index is 10.9. The average molecular weight is 241 g/mol. The van der Waals surface area contributed by atoms with Crippen LogP contribution in [0.3, 0.4) is 0 Å². The Morgan fingerprint density at radius 1 is 1.06 bits per heavy atom. The monoisotopic (exact) mass is 241 g/mol. The van der Waals surface area contributed by atoms with Crippen LogP contribution in [0.15, 0.2) is 54.6 Å². The van der Waals surface area contributed by atoms with Gasteiger partial charge in [-0.2, -0.15) is 0 Å². The third-order valence-corrected chi connectivity index (χ3v) is 3.08. The number of rotatable bonds is 4. The first-order valence-electron chi connectivity index (χ1n) is 5.95. The zero-order valence-corrected chi connectivity index (χ0v) is 10.2. The van der Waals surface area contributed by atoms with E-state index < -0.39 is 0 Å². The Hall–Kier alpha value is -2.16. The Kier molecular flexibility index (Phi) is 3.72. The molecule has 0 aromatic heterocycles. The summed E-state index contributed by atoms with van der Waals surface area (Å²) in [7, 11) is 0. The second-order valence-electron chi connectivity index (χ2n) is 4.40. The highest BCUT2D eigenvalue weighted by atomic mass is 16.6. The molecule has 2 aromatic rings. The normalized spacial score (nSPS) is 12.1. The minimum Gasteiger partial charge on any atom is -0.258 e. The van der Waals surface area contributed by atoms with Crippen molar-refractivity contribution in [2.75, 3.05) is 0 Å². The maximum Gasteiger partial charge on any atom is 0.272 e. The van der Waals surface area contributed by atoms with Gasteiger partial charge in [0, 0.05) is 11.6 Å². The van der Waals surface area contributed by atoms with Gasteiger partial charge in [-0.1, -0.05) is 55.5 Å². The highest BCUT2D eigenvalue weighted by molar-refractivity contribution is 5.41. The molecule has 0 saturated heterocycles. The number of benzene rings is 2. The molecule has 2 rings (SSSR count). The van der Waals surface area contributed by atoms with Crippen molar-refractivity contribution < 1.29 is 4.92 Å². The van der Waals surface area contributed by atoms with Crippen molar-refractivity contribution in [3.8, 4) is 0 Å². The first-order valence-corrected chi connectivity index (χ1v) is 5.95. The molecule has 3 nitrogen and oxygen atoms in total. The van der Waals surface area contributed by atoms with Crippen LogP contribution >= 0.6 is 0 Å². The van der Waals surface area contributed by atoms with Crippen LogP contribution < -0.4 is 0 Å². The molecule has 3 heteroatoms. The molecule has 0 aliphatic rings. The van der Waals surface area contributed by atoms with Gasteiger partial charge in [0.05, 0.1) is 4.92 Å². The number of para-hydroxylation sites is 1. The van der Waals surface area contributed by atoms with Gasteiger partial charge in [-0.25, -0.2) is 0 Å². The van der Waals surface area contributed by atoms with Crippen LogP contribution in [0.4, 0.5) is 5.69 Å². The van der Waals surface area contributed by atoms with E-state index in [9.17, 15) is 10.1 Å². The molecule has 0 amide bonds. The van der Waals surface area contributed by atoms with Gasteiger partial charge in [-0.05, 0) is 17.9 Å². The molecule has 18 heavy (non-hydrogen) atoms. The van der Waals surface area contributed by atoms with E-state index >= 15 is 0 Å². The Balaban J connectivity index is 2.22. The van der Waals surface area contributed by atoms with Crippen molar-refractivity contribution in [3.63, 3.8) is 0 Å². The molecule has 2 aromatic carbocycles. The van der Waals surface area contributed by atoms with Gasteiger partial charge in [0.25, 0.3) is 5.69 Å². The fourth-order valence-corrected chi connectivity index (χ4v) is 2.09. The smallest absolute Gasteiger partial charge is 0.258 e. The molecule has 1 atom stereocenters. The lowest BCUT2D eigenvalue weighted by atomic mass is 9.93. The van der Waals surface area contributed by atoms with Crippen LogP contribution in [0.25, 0.3) is 0 Å². The van der Waals surface area contributed by atoms with Crippen molar-refractivity contribution in [3.05, 3.63) is 75.8 Å². The molecule has 0 aliphatic heterocycles. The summed E-state index contributed by atoms with van der Waals surface area (Å²) in [5, 5.41) is 10.9. The lowest BCUT2D eigenvalue weighted by Crippen LogP contribution is -2.01. The van der Waals surface area contributed by atoms with Crippen molar-refractivity contribution >= 4 is 5.69 Å². The van der Waals surface area contributed by atoms with Crippen molar-refractivity contribution in [1.29, 1.82) is 0 Å². The lowest BCUT2D eigenvalue weighted by molar-refractivity contribution is -0.385. The number of hydrogen-bond donors (Lipinski definition) is 0. The first kappa shape index (κ1) is 12.3. The van der Waals surface area contributed by atoms with E-state index in [1.54, 1.807) is 12.1 Å². The molecular weight excluding hydrogens is 226 g/mol. The molecule has 1 unspecified atom stereocenters. The Morgan fingerprint density at radius 2 is 1.67 bits per heavy atom. The van der Waals surface area contributed by atoms with Gasteiger partial charge in [0.1, 0.15) is 0 Å². The van der Waals surface area contributed by atoms with Crippen molar-refractivity contribution in [2.45, 2.75) is 19.3 Å². The fraction of sp³-hybridized carbons (Fsp3) is 0.200. The van der Waals surface area contributed by atoms with E-state index in [1.807, 2.05) is 30.3 Å². The number of nitrogens with zero attached hydrogens (tertiary/aromatic N) is 1. The van der Waals surface area contributed by atoms with Crippen LogP contribution in [-0.2, 0) is 6.42 Å². The third-order valence-electron chi connectivity index (χ3n) is 3.08. The van der Waals surface area contributed by atoms with Crippen molar-refractivity contribution in [1.82, 2.24) is 0 Å². The molecule has 0 radical (unpaired) electrons. The molecule has 0 fully saturated rings. The summed E-state index contributed by atoms with van der Waals surface area (Å²) in [6, 6.07) is 17.0. The standard InChI is InChI=1S/C15H15NO2/c1-12(13-7-3-2-4-8-13)11-14-9-5-6-10-15(14)16(17)18/h2-10,12H,11H2,1H3. The topological polar surface area (TPSA) is 43.1 Å². The minimum absolute atomic E-state index is 0.209. The molecule has 92 valence electrons. The van der Waals surface area contributed by atoms with E-state index in [-0.39, 0.29) is 16.5 Å². The third kappa shape index (κ3) is 2.74. The summed E-state index contributed by atoms with van der Waals surface area (Å²) in [5.41, 5.74) is 2.20. The molecular formula is C15H15NO2. The summed E-state index contributed by atoms with van der Waals surface area (Å²) in [6.45, 7) is 2.09. The average Bonchev–Trinajstić information content (AvgIpc) is 2.40. The van der Waals surface area contributed by atoms with Gasteiger partial charge in [0.2, 0.25) is 0 Å². The van der Waals surface area contributed by atoms with Gasteiger partial charge in [0.15, 0.2) is 0 Å². The Morgan fingerprint density at radius 3 is 2.33 bits per heavy atom. The summed E-state index contributed by atoms with van der Waals surface area (Å²) < 4.78 is 0. The highest BCUT2D eigenvalue weighted by Gasteiger charge is 2.15. The predicted octanol–water partition coefficient (Wildman–Crippen LogP) is 3.94. The molecule has 0 heterocycles. The fourth-order valence-electron chi connectivity index (χ4n) is 2.09. The van der Waals surface area contributed by atoms with Gasteiger partial charge in [-0.15, -0.1) is 0 Å². The zero-order valence-electron chi connectivity index (χ0n) is 10.2. The maximum absolute atomic E-state index is 10.9. The number of hydrogen-bond acceptors (Lipinski definition) is 2. The van der Waals surface area contributed by atoms with Crippen LogP contribution in [0, 0.1) is 10.1 Å². The van der Waals surface area contributed by atoms with E-state index in [0.29, 0.717) is 6.42 Å². The summed E-state index contributed by atoms with van der Waals surface area (Å²) in [6.07, 6.45) is 0.682. The van der Waals surface area contributed by atoms with Gasteiger partial charge < -0.3 is 0 Å². The van der Waals surface area contributed by atoms with E-state index in [2.05, 4.69) is 19.1 Å². The van der Waals surface area contributed by atoms with Crippen LogP contribution in [0.5, 0.6) is 0 Å². The lowest BCUT2D eigenvalue weighted by Gasteiger charge is -2.11. The first-order chi connectivity index (χ1) is 8.68. The molecule has 0 bridgehead atoms. The van der Waals surface area contributed by atoms with Crippen molar-refractivity contribution in [2.24, 2.45) is 0 Å². The minimum atomic E-state index is -0.312. The van der Waals surface area contributed by atoms with Crippen LogP contribution in [0.2, 0.25) is 0 Å². The van der Waals surface area contributed by atoms with E-state index in [1.165, 1.54) is 5.56 Å². The Labute approximate surface area is 106 Å². The highest BCUT2D eigenvalue weighted by Crippen LogP contribution is 2.25. The summed E-state index contributed by atoms with van der Waals surface area (Å²) in [5.74, 6) is 0.271. The number of nitro benzene ring substituents is 1. The molecule has 0 saturated carbocycles. The second kappa shape index (κ2) is 5.45. The molecule has 0 N–H and O–H groups in total. The van der Waals surface area contributed by atoms with E-state index in [0.717, 1.165) is 5.56 Å². The molecule has 0 spiro atoms. The SMILES string of the molecule is CC(Cc1ccccc1[N+](=O)[O-])c1ccccc1. The van der Waals surface area contributed by atoms with E-state index in [4.69, 9.17) is 0 Å². The van der Waals surface area contributed by atoms with Gasteiger partial charge >= 0.3 is 0 Å². The summed E-state index contributed by atoms with van der Waals surface area (Å²) >= 11 is 0. The van der Waals surface area contributed by atoms with Gasteiger partial charge in [-0.3, -0.25) is 10.1 Å².